The van der Waals surface area contributed by atoms with E-state index in [0.29, 0.717) is 55.0 Å². The zero-order chi connectivity index (χ0) is 24.4. The number of fused-ring (bicyclic) bond motifs is 1. The van der Waals surface area contributed by atoms with Gasteiger partial charge in [0.25, 0.3) is 5.56 Å². The van der Waals surface area contributed by atoms with Crippen molar-refractivity contribution in [2.24, 2.45) is 0 Å². The van der Waals surface area contributed by atoms with Crippen LogP contribution in [-0.4, -0.2) is 48.7 Å². The van der Waals surface area contributed by atoms with Gasteiger partial charge in [-0.15, -0.1) is 0 Å². The third kappa shape index (κ3) is 4.88. The number of likely N-dealkylation sites (tertiary alicyclic amines) is 1. The number of hydrogen-bond donors (Lipinski definition) is 1. The molecule has 1 amide bonds. The fourth-order valence-electron chi connectivity index (χ4n) is 4.72. The maximum Gasteiger partial charge on any atom is 0.262 e. The number of amides is 1. The Bertz CT molecular complexity index is 1390. The number of carbonyl (C=O) groups is 1. The predicted molar refractivity (Wildman–Crippen MR) is 136 cm³/mol. The molecule has 8 heteroatoms. The van der Waals surface area contributed by atoms with E-state index in [1.807, 2.05) is 60.7 Å². The van der Waals surface area contributed by atoms with Crippen LogP contribution < -0.4 is 5.56 Å². The van der Waals surface area contributed by atoms with Gasteiger partial charge in [-0.2, -0.15) is 0 Å². The molecule has 5 rings (SSSR count). The summed E-state index contributed by atoms with van der Waals surface area (Å²) in [4.78, 5) is 32.2. The van der Waals surface area contributed by atoms with Gasteiger partial charge in [-0.05, 0) is 43.0 Å². The molecule has 0 saturated carbocycles. The molecule has 35 heavy (non-hydrogen) atoms. The van der Waals surface area contributed by atoms with Crippen molar-refractivity contribution in [3.63, 3.8) is 0 Å². The van der Waals surface area contributed by atoms with E-state index in [2.05, 4.69) is 4.98 Å². The fraction of sp³-hybridized carbons (Fsp3) is 0.296. The number of nitrogens with zero attached hydrogens (tertiary/aromatic N) is 4. The van der Waals surface area contributed by atoms with Crippen LogP contribution in [0.2, 0.25) is 5.15 Å². The van der Waals surface area contributed by atoms with Crippen LogP contribution in [0.5, 0.6) is 0 Å². The molecule has 0 bridgehead atoms. The minimum Gasteiger partial charge on any atom is -0.388 e. The van der Waals surface area contributed by atoms with Gasteiger partial charge in [-0.3, -0.25) is 18.7 Å². The maximum absolute atomic E-state index is 13.2. The van der Waals surface area contributed by atoms with Crippen molar-refractivity contribution in [3.8, 4) is 5.69 Å². The second-order valence-corrected chi connectivity index (χ2v) is 9.53. The summed E-state index contributed by atoms with van der Waals surface area (Å²) in [5.74, 6) is 0.0908. The van der Waals surface area contributed by atoms with Crippen LogP contribution in [0.3, 0.4) is 0 Å². The summed E-state index contributed by atoms with van der Waals surface area (Å²) < 4.78 is 3.18. The highest BCUT2D eigenvalue weighted by atomic mass is 35.5. The van der Waals surface area contributed by atoms with Gasteiger partial charge in [0.15, 0.2) is 5.65 Å². The monoisotopic (exact) mass is 490 g/mol. The molecule has 1 saturated heterocycles. The Balaban J connectivity index is 1.27. The van der Waals surface area contributed by atoms with Crippen molar-refractivity contribution in [1.82, 2.24) is 19.0 Å². The molecule has 1 aliphatic rings. The summed E-state index contributed by atoms with van der Waals surface area (Å²) in [5.41, 5.74) is 1.11. The highest BCUT2D eigenvalue weighted by molar-refractivity contribution is 6.31. The number of piperidine rings is 1. The van der Waals surface area contributed by atoms with Crippen LogP contribution in [0.1, 0.15) is 24.8 Å². The molecule has 2 aromatic heterocycles. The number of para-hydroxylation sites is 1. The smallest absolute Gasteiger partial charge is 0.262 e. The Morgan fingerprint density at radius 2 is 1.69 bits per heavy atom. The topological polar surface area (TPSA) is 80.4 Å². The summed E-state index contributed by atoms with van der Waals surface area (Å²) >= 11 is 6.44. The second-order valence-electron chi connectivity index (χ2n) is 9.14. The average molecular weight is 491 g/mol. The molecule has 0 spiro atoms. The van der Waals surface area contributed by atoms with E-state index in [4.69, 9.17) is 11.6 Å². The highest BCUT2D eigenvalue weighted by Gasteiger charge is 2.34. The van der Waals surface area contributed by atoms with Gasteiger partial charge < -0.3 is 10.0 Å². The van der Waals surface area contributed by atoms with Gasteiger partial charge in [0, 0.05) is 25.2 Å². The van der Waals surface area contributed by atoms with Crippen LogP contribution in [0.4, 0.5) is 0 Å². The first-order chi connectivity index (χ1) is 16.9. The Morgan fingerprint density at radius 1 is 1.03 bits per heavy atom. The van der Waals surface area contributed by atoms with Crippen molar-refractivity contribution in [1.29, 1.82) is 0 Å². The summed E-state index contributed by atoms with van der Waals surface area (Å²) in [6.07, 6.45) is 3.42. The van der Waals surface area contributed by atoms with Gasteiger partial charge in [-0.1, -0.05) is 60.1 Å². The molecule has 0 radical (unpaired) electrons. The number of halogens is 1. The van der Waals surface area contributed by atoms with E-state index < -0.39 is 5.60 Å². The van der Waals surface area contributed by atoms with Gasteiger partial charge in [0.05, 0.1) is 17.5 Å². The van der Waals surface area contributed by atoms with Crippen LogP contribution in [-0.2, 0) is 17.8 Å². The molecule has 4 aromatic rings. The lowest BCUT2D eigenvalue weighted by molar-refractivity contribution is -0.135. The quantitative estimate of drug-likeness (QED) is 0.445. The Labute approximate surface area is 208 Å². The maximum atomic E-state index is 13.2. The standard InChI is InChI=1S/C27H27ClN4O3/c28-23-17-22-25(32(23)21-9-5-2-6-10-21)29-19-31(26(22)34)18-27(35)13-15-30(16-14-27)24(33)12-11-20-7-3-1-4-8-20/h1-10,17,19,35H,11-16,18H2. The van der Waals surface area contributed by atoms with E-state index in [0.717, 1.165) is 11.3 Å². The number of rotatable bonds is 6. The van der Waals surface area contributed by atoms with Crippen molar-refractivity contribution in [3.05, 3.63) is 94.1 Å². The van der Waals surface area contributed by atoms with Gasteiger partial charge in [0.1, 0.15) is 11.5 Å². The Kier molecular flexibility index (Phi) is 6.45. The summed E-state index contributed by atoms with van der Waals surface area (Å²) in [6, 6.07) is 21.1. The van der Waals surface area contributed by atoms with Crippen LogP contribution in [0.15, 0.2) is 77.9 Å². The largest absolute Gasteiger partial charge is 0.388 e. The molecule has 2 aromatic carbocycles. The summed E-state index contributed by atoms with van der Waals surface area (Å²) in [7, 11) is 0. The number of aliphatic hydroxyl groups is 1. The lowest BCUT2D eigenvalue weighted by Crippen LogP contribution is -2.49. The van der Waals surface area contributed by atoms with E-state index in [1.54, 1.807) is 15.5 Å². The molecule has 0 aliphatic carbocycles. The normalized spacial score (nSPS) is 15.4. The van der Waals surface area contributed by atoms with Gasteiger partial charge in [0.2, 0.25) is 5.91 Å². The first-order valence-electron chi connectivity index (χ1n) is 11.8. The molecule has 1 fully saturated rings. The molecule has 180 valence electrons. The summed E-state index contributed by atoms with van der Waals surface area (Å²) in [5, 5.41) is 12.0. The second kappa shape index (κ2) is 9.68. The molecule has 7 nitrogen and oxygen atoms in total. The van der Waals surface area contributed by atoms with E-state index in [-0.39, 0.29) is 18.0 Å². The highest BCUT2D eigenvalue weighted by Crippen LogP contribution is 2.27. The third-order valence-electron chi connectivity index (χ3n) is 6.74. The third-order valence-corrected chi connectivity index (χ3v) is 7.01. The van der Waals surface area contributed by atoms with Crippen molar-refractivity contribution < 1.29 is 9.90 Å². The van der Waals surface area contributed by atoms with Crippen LogP contribution in [0.25, 0.3) is 16.7 Å². The van der Waals surface area contributed by atoms with Crippen LogP contribution >= 0.6 is 11.6 Å². The lowest BCUT2D eigenvalue weighted by Gasteiger charge is -2.38. The number of hydrogen-bond acceptors (Lipinski definition) is 4. The first kappa shape index (κ1) is 23.3. The number of carbonyl (C=O) groups excluding carboxylic acids is 1. The molecule has 1 aliphatic heterocycles. The Morgan fingerprint density at radius 3 is 2.37 bits per heavy atom. The molecule has 0 atom stereocenters. The Hall–Kier alpha value is -3.42. The molecule has 3 heterocycles. The molecule has 0 unspecified atom stereocenters. The van der Waals surface area contributed by atoms with Crippen LogP contribution in [0, 0.1) is 0 Å². The SMILES string of the molecule is O=C(CCc1ccccc1)N1CCC(O)(Cn2cnc3c(cc(Cl)n3-c3ccccc3)c2=O)CC1. The van der Waals surface area contributed by atoms with Crippen molar-refractivity contribution in [2.45, 2.75) is 37.8 Å². The van der Waals surface area contributed by atoms with Crippen molar-refractivity contribution >= 4 is 28.5 Å². The zero-order valence-electron chi connectivity index (χ0n) is 19.3. The van der Waals surface area contributed by atoms with Crippen molar-refractivity contribution in [2.75, 3.05) is 13.1 Å². The number of aromatic nitrogens is 3. The van der Waals surface area contributed by atoms with Gasteiger partial charge in [-0.25, -0.2) is 4.98 Å². The van der Waals surface area contributed by atoms with E-state index in [9.17, 15) is 14.7 Å². The zero-order valence-corrected chi connectivity index (χ0v) is 20.1. The van der Waals surface area contributed by atoms with E-state index in [1.165, 1.54) is 10.9 Å². The number of aryl methyl sites for hydroxylation is 1. The van der Waals surface area contributed by atoms with E-state index >= 15 is 0 Å². The lowest BCUT2D eigenvalue weighted by atomic mass is 9.91. The minimum atomic E-state index is -1.08. The molecular weight excluding hydrogens is 464 g/mol. The number of benzene rings is 2. The molecular formula is C27H27ClN4O3. The molecule has 1 N–H and O–H groups in total. The fourth-order valence-corrected chi connectivity index (χ4v) is 5.01. The predicted octanol–water partition coefficient (Wildman–Crippen LogP) is 3.83. The summed E-state index contributed by atoms with van der Waals surface area (Å²) in [6.45, 7) is 1.05. The average Bonchev–Trinajstić information content (AvgIpc) is 3.22. The minimum absolute atomic E-state index is 0.0908. The first-order valence-corrected chi connectivity index (χ1v) is 12.2. The van der Waals surface area contributed by atoms with Gasteiger partial charge >= 0.3 is 0 Å².